The van der Waals surface area contributed by atoms with Crippen molar-refractivity contribution < 1.29 is 0 Å². The molecule has 1 aromatic heterocycles. The van der Waals surface area contributed by atoms with Gasteiger partial charge in [0.1, 0.15) is 0 Å². The summed E-state index contributed by atoms with van der Waals surface area (Å²) in [6, 6.07) is 0. The lowest BCUT2D eigenvalue weighted by atomic mass is 10.3. The summed E-state index contributed by atoms with van der Waals surface area (Å²) in [6.07, 6.45) is 2.07. The SMILES string of the molecule is CCSCCCc1nn[nH]n1. The number of nitrogens with zero attached hydrogens (tertiary/aromatic N) is 3. The Labute approximate surface area is 70.2 Å². The molecule has 4 nitrogen and oxygen atoms in total. The van der Waals surface area contributed by atoms with Crippen molar-refractivity contribution in [1.29, 1.82) is 0 Å². The number of rotatable bonds is 5. The summed E-state index contributed by atoms with van der Waals surface area (Å²) in [5.41, 5.74) is 0. The third-order valence-electron chi connectivity index (χ3n) is 1.28. The molecule has 0 bridgehead atoms. The van der Waals surface area contributed by atoms with Gasteiger partial charge in [0.2, 0.25) is 0 Å². The summed E-state index contributed by atoms with van der Waals surface area (Å²) in [7, 11) is 0. The number of hydrogen-bond donors (Lipinski definition) is 1. The molecule has 0 radical (unpaired) electrons. The van der Waals surface area contributed by atoms with Crippen LogP contribution in [0.3, 0.4) is 0 Å². The molecule has 0 aliphatic carbocycles. The average Bonchev–Trinajstić information content (AvgIpc) is 2.50. The molecule has 5 heteroatoms. The van der Waals surface area contributed by atoms with Gasteiger partial charge in [-0.1, -0.05) is 12.1 Å². The van der Waals surface area contributed by atoms with E-state index in [1.807, 2.05) is 11.8 Å². The van der Waals surface area contributed by atoms with Gasteiger partial charge >= 0.3 is 0 Å². The maximum Gasteiger partial charge on any atom is 0.174 e. The van der Waals surface area contributed by atoms with Crippen LogP contribution in [-0.2, 0) is 6.42 Å². The molecule has 0 saturated heterocycles. The predicted octanol–water partition coefficient (Wildman–Crippen LogP) is 0.885. The predicted molar refractivity (Wildman–Crippen MR) is 45.5 cm³/mol. The lowest BCUT2D eigenvalue weighted by Gasteiger charge is -1.93. The summed E-state index contributed by atoms with van der Waals surface area (Å²) in [4.78, 5) is 0. The lowest BCUT2D eigenvalue weighted by molar-refractivity contribution is 0.847. The first-order chi connectivity index (χ1) is 5.43. The Kier molecular flexibility index (Phi) is 3.96. The van der Waals surface area contributed by atoms with Gasteiger partial charge < -0.3 is 0 Å². The van der Waals surface area contributed by atoms with Crippen molar-refractivity contribution in [1.82, 2.24) is 20.6 Å². The number of thioether (sulfide) groups is 1. The quantitative estimate of drug-likeness (QED) is 0.670. The highest BCUT2D eigenvalue weighted by Gasteiger charge is 1.96. The van der Waals surface area contributed by atoms with Crippen LogP contribution in [0, 0.1) is 0 Å². The molecule has 0 fully saturated rings. The van der Waals surface area contributed by atoms with Gasteiger partial charge in [0.05, 0.1) is 0 Å². The van der Waals surface area contributed by atoms with Gasteiger partial charge in [0, 0.05) is 6.42 Å². The van der Waals surface area contributed by atoms with Gasteiger partial charge in [-0.3, -0.25) is 0 Å². The zero-order valence-corrected chi connectivity index (χ0v) is 7.39. The van der Waals surface area contributed by atoms with Gasteiger partial charge in [0.25, 0.3) is 0 Å². The second kappa shape index (κ2) is 5.12. The standard InChI is InChI=1S/C6H12N4S/c1-2-11-5-3-4-6-7-9-10-8-6/h2-5H2,1H3,(H,7,8,9,10). The van der Waals surface area contributed by atoms with Crippen LogP contribution >= 0.6 is 11.8 Å². The molecule has 1 aromatic rings. The normalized spacial score (nSPS) is 10.3. The molecule has 0 spiro atoms. The van der Waals surface area contributed by atoms with E-state index < -0.39 is 0 Å². The minimum Gasteiger partial charge on any atom is -0.177 e. The van der Waals surface area contributed by atoms with Crippen LogP contribution in [0.4, 0.5) is 0 Å². The monoisotopic (exact) mass is 172 g/mol. The largest absolute Gasteiger partial charge is 0.177 e. The van der Waals surface area contributed by atoms with Crippen LogP contribution in [-0.4, -0.2) is 32.1 Å². The van der Waals surface area contributed by atoms with Gasteiger partial charge in [0.15, 0.2) is 5.82 Å². The fraction of sp³-hybridized carbons (Fsp3) is 0.833. The van der Waals surface area contributed by atoms with Crippen molar-refractivity contribution in [3.8, 4) is 0 Å². The zero-order chi connectivity index (χ0) is 7.94. The Bertz CT molecular complexity index is 175. The number of hydrogen-bond acceptors (Lipinski definition) is 4. The molecule has 11 heavy (non-hydrogen) atoms. The number of tetrazole rings is 1. The van der Waals surface area contributed by atoms with Crippen molar-refractivity contribution in [3.63, 3.8) is 0 Å². The maximum absolute atomic E-state index is 3.86. The van der Waals surface area contributed by atoms with Gasteiger partial charge in [-0.25, -0.2) is 0 Å². The molecule has 0 unspecified atom stereocenters. The van der Waals surface area contributed by atoms with E-state index in [1.165, 1.54) is 11.5 Å². The number of nitrogens with one attached hydrogen (secondary N) is 1. The first-order valence-corrected chi connectivity index (χ1v) is 4.89. The number of aromatic nitrogens is 4. The van der Waals surface area contributed by atoms with Crippen molar-refractivity contribution in [2.75, 3.05) is 11.5 Å². The van der Waals surface area contributed by atoms with E-state index in [0.29, 0.717) is 0 Å². The van der Waals surface area contributed by atoms with E-state index in [4.69, 9.17) is 0 Å². The summed E-state index contributed by atoms with van der Waals surface area (Å²) in [5.74, 6) is 3.19. The highest BCUT2D eigenvalue weighted by atomic mass is 32.2. The summed E-state index contributed by atoms with van der Waals surface area (Å²) >= 11 is 1.94. The summed E-state index contributed by atoms with van der Waals surface area (Å²) in [6.45, 7) is 2.17. The molecule has 0 aromatic carbocycles. The molecule has 0 amide bonds. The highest BCUT2D eigenvalue weighted by Crippen LogP contribution is 2.03. The average molecular weight is 172 g/mol. The highest BCUT2D eigenvalue weighted by molar-refractivity contribution is 7.99. The molecule has 0 saturated carbocycles. The van der Waals surface area contributed by atoms with Crippen LogP contribution in [0.5, 0.6) is 0 Å². The molecule has 0 aliphatic rings. The maximum atomic E-state index is 3.86. The Morgan fingerprint density at radius 1 is 1.55 bits per heavy atom. The molecule has 1 heterocycles. The van der Waals surface area contributed by atoms with Gasteiger partial charge in [-0.15, -0.1) is 10.2 Å². The molecule has 1 rings (SSSR count). The van der Waals surface area contributed by atoms with Crippen LogP contribution in [0.15, 0.2) is 0 Å². The fourth-order valence-corrected chi connectivity index (χ4v) is 1.40. The molecular weight excluding hydrogens is 160 g/mol. The Balaban J connectivity index is 2.04. The zero-order valence-electron chi connectivity index (χ0n) is 6.58. The first-order valence-electron chi connectivity index (χ1n) is 3.73. The second-order valence-electron chi connectivity index (χ2n) is 2.13. The van der Waals surface area contributed by atoms with E-state index >= 15 is 0 Å². The summed E-state index contributed by atoms with van der Waals surface area (Å²) in [5, 5.41) is 13.6. The van der Waals surface area contributed by atoms with Crippen molar-refractivity contribution in [2.45, 2.75) is 19.8 Å². The molecule has 62 valence electrons. The van der Waals surface area contributed by atoms with Gasteiger partial charge in [-0.2, -0.15) is 17.0 Å². The van der Waals surface area contributed by atoms with E-state index in [-0.39, 0.29) is 0 Å². The van der Waals surface area contributed by atoms with E-state index in [1.54, 1.807) is 0 Å². The van der Waals surface area contributed by atoms with E-state index in [0.717, 1.165) is 18.7 Å². The number of H-pyrrole nitrogens is 1. The topological polar surface area (TPSA) is 54.5 Å². The number of aromatic amines is 1. The number of aryl methyl sites for hydroxylation is 1. The Morgan fingerprint density at radius 2 is 2.45 bits per heavy atom. The van der Waals surface area contributed by atoms with Crippen molar-refractivity contribution in [2.24, 2.45) is 0 Å². The van der Waals surface area contributed by atoms with Gasteiger partial charge in [-0.05, 0) is 17.9 Å². The van der Waals surface area contributed by atoms with E-state index in [9.17, 15) is 0 Å². The van der Waals surface area contributed by atoms with E-state index in [2.05, 4.69) is 27.5 Å². The molecule has 1 N–H and O–H groups in total. The molecular formula is C6H12N4S. The van der Waals surface area contributed by atoms with Crippen LogP contribution in [0.25, 0.3) is 0 Å². The minimum absolute atomic E-state index is 0.821. The van der Waals surface area contributed by atoms with Crippen molar-refractivity contribution >= 4 is 11.8 Å². The second-order valence-corrected chi connectivity index (χ2v) is 3.52. The third-order valence-corrected chi connectivity index (χ3v) is 2.27. The smallest absolute Gasteiger partial charge is 0.174 e. The first kappa shape index (κ1) is 8.52. The molecule has 0 aliphatic heterocycles. The lowest BCUT2D eigenvalue weighted by Crippen LogP contribution is -1.90. The van der Waals surface area contributed by atoms with Crippen LogP contribution < -0.4 is 0 Å². The Morgan fingerprint density at radius 3 is 3.09 bits per heavy atom. The van der Waals surface area contributed by atoms with Crippen LogP contribution in [0.2, 0.25) is 0 Å². The minimum atomic E-state index is 0.821. The Hall–Kier alpha value is -0.580. The van der Waals surface area contributed by atoms with Crippen LogP contribution in [0.1, 0.15) is 19.2 Å². The fourth-order valence-electron chi connectivity index (χ4n) is 0.765. The third kappa shape index (κ3) is 3.36. The molecule has 0 atom stereocenters. The summed E-state index contributed by atoms with van der Waals surface area (Å²) < 4.78 is 0. The van der Waals surface area contributed by atoms with Crippen molar-refractivity contribution in [3.05, 3.63) is 5.82 Å².